The average molecular weight is 184 g/mol. The summed E-state index contributed by atoms with van der Waals surface area (Å²) in [6, 6.07) is 9.28. The van der Waals surface area contributed by atoms with Gasteiger partial charge in [0.2, 0.25) is 0 Å². The third kappa shape index (κ3) is 0.762. The molecule has 4 rings (SSSR count). The van der Waals surface area contributed by atoms with E-state index < -0.39 is 0 Å². The van der Waals surface area contributed by atoms with Crippen molar-refractivity contribution in [2.24, 2.45) is 0 Å². The van der Waals surface area contributed by atoms with Gasteiger partial charge >= 0.3 is 0 Å². The summed E-state index contributed by atoms with van der Waals surface area (Å²) in [6.45, 7) is 0. The van der Waals surface area contributed by atoms with Crippen LogP contribution in [0.4, 0.5) is 0 Å². The Morgan fingerprint density at radius 1 is 0.643 bits per heavy atom. The van der Waals surface area contributed by atoms with Crippen LogP contribution >= 0.6 is 0 Å². The van der Waals surface area contributed by atoms with Gasteiger partial charge in [0.05, 0.1) is 0 Å². The van der Waals surface area contributed by atoms with Crippen molar-refractivity contribution >= 4 is 0 Å². The molecule has 0 aromatic heterocycles. The molecule has 3 aliphatic carbocycles. The molecule has 0 bridgehead atoms. The molecule has 0 heterocycles. The first-order valence-corrected chi connectivity index (χ1v) is 5.95. The molecule has 3 aliphatic rings. The summed E-state index contributed by atoms with van der Waals surface area (Å²) in [5, 5.41) is 0. The van der Waals surface area contributed by atoms with Crippen LogP contribution in [-0.4, -0.2) is 0 Å². The Hall–Kier alpha value is -0.780. The van der Waals surface area contributed by atoms with Crippen LogP contribution in [-0.2, 0) is 10.8 Å². The van der Waals surface area contributed by atoms with Crippen LogP contribution in [0.1, 0.15) is 49.7 Å². The summed E-state index contributed by atoms with van der Waals surface area (Å²) in [5.74, 6) is 0. The zero-order valence-electron chi connectivity index (χ0n) is 8.55. The minimum atomic E-state index is 0.657. The van der Waals surface area contributed by atoms with E-state index >= 15 is 0 Å². The SMILES string of the molecule is c1ccc2c(c1)C1(CC1)CCC21CC1. The summed E-state index contributed by atoms with van der Waals surface area (Å²) in [7, 11) is 0. The molecule has 0 saturated heterocycles. The number of benzene rings is 1. The zero-order chi connectivity index (χ0) is 9.23. The molecule has 14 heavy (non-hydrogen) atoms. The zero-order valence-corrected chi connectivity index (χ0v) is 8.55. The topological polar surface area (TPSA) is 0 Å². The molecular formula is C14H16. The molecule has 2 spiro atoms. The maximum absolute atomic E-state index is 2.40. The lowest BCUT2D eigenvalue weighted by atomic mass is 9.72. The summed E-state index contributed by atoms with van der Waals surface area (Å²) in [4.78, 5) is 0. The normalized spacial score (nSPS) is 28.9. The Morgan fingerprint density at radius 2 is 1.00 bits per heavy atom. The minimum absolute atomic E-state index is 0.657. The van der Waals surface area contributed by atoms with Gasteiger partial charge in [-0.1, -0.05) is 24.3 Å². The molecule has 0 heteroatoms. The third-order valence-corrected chi connectivity index (χ3v) is 4.86. The standard InChI is InChI=1S/C14H16/c1-2-4-12-11(3-1)13(5-6-13)9-10-14(12)7-8-14/h1-4H,5-10H2. The van der Waals surface area contributed by atoms with Gasteiger partial charge in [0, 0.05) is 0 Å². The molecule has 0 aliphatic heterocycles. The van der Waals surface area contributed by atoms with E-state index in [0.29, 0.717) is 10.8 Å². The molecule has 0 atom stereocenters. The molecule has 2 fully saturated rings. The maximum atomic E-state index is 2.40. The highest BCUT2D eigenvalue weighted by Gasteiger charge is 2.56. The molecule has 1 aromatic rings. The van der Waals surface area contributed by atoms with Crippen LogP contribution in [0.15, 0.2) is 24.3 Å². The second-order valence-electron chi connectivity index (χ2n) is 5.61. The molecule has 2 saturated carbocycles. The minimum Gasteiger partial charge on any atom is -0.0620 e. The van der Waals surface area contributed by atoms with E-state index in [-0.39, 0.29) is 0 Å². The van der Waals surface area contributed by atoms with Crippen LogP contribution in [0.25, 0.3) is 0 Å². The second-order valence-corrected chi connectivity index (χ2v) is 5.61. The molecule has 0 nitrogen and oxygen atoms in total. The molecule has 0 N–H and O–H groups in total. The van der Waals surface area contributed by atoms with Gasteiger partial charge in [-0.3, -0.25) is 0 Å². The summed E-state index contributed by atoms with van der Waals surface area (Å²) < 4.78 is 0. The van der Waals surface area contributed by atoms with Crippen molar-refractivity contribution in [2.45, 2.75) is 49.4 Å². The molecular weight excluding hydrogens is 168 g/mol. The quantitative estimate of drug-likeness (QED) is 0.578. The van der Waals surface area contributed by atoms with Crippen LogP contribution < -0.4 is 0 Å². The highest BCUT2D eigenvalue weighted by Crippen LogP contribution is 2.65. The first-order chi connectivity index (χ1) is 6.85. The smallest absolute Gasteiger partial charge is 0.00431 e. The van der Waals surface area contributed by atoms with Crippen molar-refractivity contribution in [2.75, 3.05) is 0 Å². The van der Waals surface area contributed by atoms with Crippen LogP contribution in [0.5, 0.6) is 0 Å². The van der Waals surface area contributed by atoms with Crippen LogP contribution in [0, 0.1) is 0 Å². The molecule has 1 aromatic carbocycles. The fourth-order valence-corrected chi connectivity index (χ4v) is 3.50. The fourth-order valence-electron chi connectivity index (χ4n) is 3.50. The predicted molar refractivity (Wildman–Crippen MR) is 57.5 cm³/mol. The van der Waals surface area contributed by atoms with E-state index in [2.05, 4.69) is 24.3 Å². The van der Waals surface area contributed by atoms with Gasteiger partial charge in [0.1, 0.15) is 0 Å². The van der Waals surface area contributed by atoms with Crippen LogP contribution in [0.2, 0.25) is 0 Å². The second kappa shape index (κ2) is 2.08. The number of hydrogen-bond donors (Lipinski definition) is 0. The lowest BCUT2D eigenvalue weighted by molar-refractivity contribution is 0.458. The lowest BCUT2D eigenvalue weighted by Crippen LogP contribution is -2.23. The van der Waals surface area contributed by atoms with Gasteiger partial charge in [-0.15, -0.1) is 0 Å². The highest BCUT2D eigenvalue weighted by atomic mass is 14.6. The maximum Gasteiger partial charge on any atom is -0.00431 e. The molecule has 72 valence electrons. The van der Waals surface area contributed by atoms with Crippen molar-refractivity contribution in [3.05, 3.63) is 35.4 Å². The van der Waals surface area contributed by atoms with Crippen molar-refractivity contribution in [3.8, 4) is 0 Å². The first kappa shape index (κ1) is 7.50. The molecule has 0 unspecified atom stereocenters. The van der Waals surface area contributed by atoms with Crippen molar-refractivity contribution in [1.29, 1.82) is 0 Å². The Balaban J connectivity index is 1.96. The van der Waals surface area contributed by atoms with Gasteiger partial charge in [0.15, 0.2) is 0 Å². The van der Waals surface area contributed by atoms with Crippen molar-refractivity contribution in [1.82, 2.24) is 0 Å². The van der Waals surface area contributed by atoms with E-state index in [1.54, 1.807) is 11.1 Å². The number of rotatable bonds is 0. The van der Waals surface area contributed by atoms with Gasteiger partial charge in [-0.25, -0.2) is 0 Å². The van der Waals surface area contributed by atoms with Crippen molar-refractivity contribution < 1.29 is 0 Å². The number of fused-ring (bicyclic) bond motifs is 3. The Morgan fingerprint density at radius 3 is 1.36 bits per heavy atom. The Bertz CT molecular complexity index is 355. The largest absolute Gasteiger partial charge is 0.0620 e. The average Bonchev–Trinajstić information content (AvgIpc) is 3.11. The first-order valence-electron chi connectivity index (χ1n) is 5.95. The van der Waals surface area contributed by atoms with Gasteiger partial charge in [-0.05, 0) is 60.5 Å². The van der Waals surface area contributed by atoms with E-state index in [4.69, 9.17) is 0 Å². The molecule has 0 radical (unpaired) electrons. The summed E-state index contributed by atoms with van der Waals surface area (Å²) >= 11 is 0. The summed E-state index contributed by atoms with van der Waals surface area (Å²) in [5.41, 5.74) is 4.77. The fraction of sp³-hybridized carbons (Fsp3) is 0.571. The van der Waals surface area contributed by atoms with Gasteiger partial charge in [-0.2, -0.15) is 0 Å². The van der Waals surface area contributed by atoms with E-state index in [1.807, 2.05) is 0 Å². The molecule has 0 amide bonds. The van der Waals surface area contributed by atoms with Crippen molar-refractivity contribution in [3.63, 3.8) is 0 Å². The van der Waals surface area contributed by atoms with Gasteiger partial charge < -0.3 is 0 Å². The highest BCUT2D eigenvalue weighted by molar-refractivity contribution is 5.48. The van der Waals surface area contributed by atoms with Gasteiger partial charge in [0.25, 0.3) is 0 Å². The lowest BCUT2D eigenvalue weighted by Gasteiger charge is -2.32. The Kier molecular flexibility index (Phi) is 1.11. The predicted octanol–water partition coefficient (Wildman–Crippen LogP) is 3.54. The van der Waals surface area contributed by atoms with E-state index in [0.717, 1.165) is 0 Å². The third-order valence-electron chi connectivity index (χ3n) is 4.86. The Labute approximate surface area is 85.3 Å². The monoisotopic (exact) mass is 184 g/mol. The number of hydrogen-bond acceptors (Lipinski definition) is 0. The van der Waals surface area contributed by atoms with E-state index in [9.17, 15) is 0 Å². The van der Waals surface area contributed by atoms with Crippen LogP contribution in [0.3, 0.4) is 0 Å². The summed E-state index contributed by atoms with van der Waals surface area (Å²) in [6.07, 6.45) is 8.79. The van der Waals surface area contributed by atoms with E-state index in [1.165, 1.54) is 38.5 Å².